The van der Waals surface area contributed by atoms with E-state index in [1.54, 1.807) is 29.5 Å². The maximum atomic E-state index is 12.9. The first-order valence-electron chi connectivity index (χ1n) is 9.76. The average molecular weight is 507 g/mol. The number of thioether (sulfide) groups is 1. The highest BCUT2D eigenvalue weighted by molar-refractivity contribution is 8.01. The number of benzene rings is 2. The molecule has 0 aliphatic carbocycles. The molecule has 1 saturated heterocycles. The molecule has 0 unspecified atom stereocenters. The molecule has 32 heavy (non-hydrogen) atoms. The average Bonchev–Trinajstić information content (AvgIpc) is 3.40. The standard InChI is InChI=1S/C20H18N4O4S4/c25-18(12-29-20-22-14-3-1-2-4-16(14)31-20)23-19-21-15-6-5-13(11-17(15)30-19)32(26,27)24-7-9-28-10-8-24/h1-6,11H,7-10,12H2,(H,21,23,25). The Balaban J connectivity index is 1.26. The fraction of sp³-hybridized carbons (Fsp3) is 0.250. The van der Waals surface area contributed by atoms with Gasteiger partial charge >= 0.3 is 0 Å². The van der Waals surface area contributed by atoms with Crippen molar-refractivity contribution in [3.05, 3.63) is 42.5 Å². The highest BCUT2D eigenvalue weighted by Crippen LogP contribution is 2.31. The van der Waals surface area contributed by atoms with Crippen molar-refractivity contribution in [2.75, 3.05) is 37.4 Å². The maximum absolute atomic E-state index is 12.9. The summed E-state index contributed by atoms with van der Waals surface area (Å²) in [4.78, 5) is 21.6. The Bertz CT molecular complexity index is 1360. The van der Waals surface area contributed by atoms with E-state index in [1.807, 2.05) is 24.3 Å². The van der Waals surface area contributed by atoms with E-state index in [-0.39, 0.29) is 16.6 Å². The number of hydrogen-bond donors (Lipinski definition) is 1. The lowest BCUT2D eigenvalue weighted by Gasteiger charge is -2.25. The number of aromatic nitrogens is 2. The SMILES string of the molecule is O=C(CSc1nc2ccccc2s1)Nc1nc2ccc(S(=O)(=O)N3CCOCC3)cc2s1. The molecule has 0 saturated carbocycles. The zero-order chi connectivity index (χ0) is 22.1. The molecular formula is C20H18N4O4S4. The Kier molecular flexibility index (Phi) is 6.14. The van der Waals surface area contributed by atoms with Crippen LogP contribution in [0, 0.1) is 0 Å². The molecule has 166 valence electrons. The molecular weight excluding hydrogens is 489 g/mol. The molecule has 1 N–H and O–H groups in total. The summed E-state index contributed by atoms with van der Waals surface area (Å²) >= 11 is 4.19. The van der Waals surface area contributed by atoms with Crippen molar-refractivity contribution in [3.8, 4) is 0 Å². The van der Waals surface area contributed by atoms with E-state index in [2.05, 4.69) is 15.3 Å². The number of hydrogen-bond acceptors (Lipinski definition) is 9. The molecule has 12 heteroatoms. The number of carbonyl (C=O) groups is 1. The lowest BCUT2D eigenvalue weighted by atomic mass is 10.3. The van der Waals surface area contributed by atoms with Gasteiger partial charge in [-0.05, 0) is 30.3 Å². The second-order valence-corrected chi connectivity index (χ2v) is 12.2. The minimum absolute atomic E-state index is 0.186. The normalized spacial score (nSPS) is 15.4. The van der Waals surface area contributed by atoms with Crippen LogP contribution in [0.3, 0.4) is 0 Å². The minimum atomic E-state index is -3.58. The smallest absolute Gasteiger partial charge is 0.243 e. The fourth-order valence-corrected chi connectivity index (χ4v) is 7.55. The molecule has 2 aromatic heterocycles. The van der Waals surface area contributed by atoms with E-state index < -0.39 is 10.0 Å². The summed E-state index contributed by atoms with van der Waals surface area (Å²) < 4.78 is 35.1. The number of nitrogens with zero attached hydrogens (tertiary/aromatic N) is 3. The number of fused-ring (bicyclic) bond motifs is 2. The zero-order valence-corrected chi connectivity index (χ0v) is 20.0. The number of anilines is 1. The Morgan fingerprint density at radius 2 is 1.84 bits per heavy atom. The summed E-state index contributed by atoms with van der Waals surface area (Å²) in [6.45, 7) is 1.48. The van der Waals surface area contributed by atoms with Gasteiger partial charge in [0, 0.05) is 13.1 Å². The van der Waals surface area contributed by atoms with Gasteiger partial charge in [-0.3, -0.25) is 4.79 Å². The van der Waals surface area contributed by atoms with Gasteiger partial charge in [0.05, 0.1) is 44.3 Å². The third kappa shape index (κ3) is 4.51. The number of para-hydroxylation sites is 1. The molecule has 0 spiro atoms. The van der Waals surface area contributed by atoms with Crippen LogP contribution in [-0.4, -0.2) is 60.7 Å². The molecule has 0 bridgehead atoms. The van der Waals surface area contributed by atoms with Crippen LogP contribution in [0.1, 0.15) is 0 Å². The third-order valence-electron chi connectivity index (χ3n) is 4.82. The van der Waals surface area contributed by atoms with Crippen LogP contribution in [0.4, 0.5) is 5.13 Å². The van der Waals surface area contributed by atoms with Crippen LogP contribution in [0.5, 0.6) is 0 Å². The number of thiazole rings is 2. The van der Waals surface area contributed by atoms with Gasteiger partial charge in [0.1, 0.15) is 0 Å². The Hall–Kier alpha value is -2.09. The van der Waals surface area contributed by atoms with Crippen molar-refractivity contribution in [1.29, 1.82) is 0 Å². The van der Waals surface area contributed by atoms with Crippen molar-refractivity contribution in [2.24, 2.45) is 0 Å². The van der Waals surface area contributed by atoms with E-state index in [0.29, 0.717) is 41.7 Å². The topological polar surface area (TPSA) is 101 Å². The summed E-state index contributed by atoms with van der Waals surface area (Å²) in [7, 11) is -3.58. The predicted molar refractivity (Wildman–Crippen MR) is 128 cm³/mol. The largest absolute Gasteiger partial charge is 0.379 e. The zero-order valence-electron chi connectivity index (χ0n) is 16.7. The summed E-state index contributed by atoms with van der Waals surface area (Å²) in [5.74, 6) is 0.0290. The van der Waals surface area contributed by atoms with Gasteiger partial charge < -0.3 is 10.1 Å². The van der Waals surface area contributed by atoms with Gasteiger partial charge in [-0.1, -0.05) is 35.2 Å². The van der Waals surface area contributed by atoms with Crippen molar-refractivity contribution in [2.45, 2.75) is 9.24 Å². The quantitative estimate of drug-likeness (QED) is 0.398. The van der Waals surface area contributed by atoms with Crippen LogP contribution in [0.25, 0.3) is 20.4 Å². The van der Waals surface area contributed by atoms with Crippen molar-refractivity contribution >= 4 is 75.9 Å². The monoisotopic (exact) mass is 506 g/mol. The van der Waals surface area contributed by atoms with Crippen LogP contribution in [0.2, 0.25) is 0 Å². The van der Waals surface area contributed by atoms with Gasteiger partial charge in [-0.2, -0.15) is 4.31 Å². The van der Waals surface area contributed by atoms with E-state index in [4.69, 9.17) is 4.74 Å². The number of carbonyl (C=O) groups excluding carboxylic acids is 1. The van der Waals surface area contributed by atoms with Gasteiger partial charge in [-0.25, -0.2) is 18.4 Å². The lowest BCUT2D eigenvalue weighted by molar-refractivity contribution is -0.113. The minimum Gasteiger partial charge on any atom is -0.379 e. The molecule has 4 aromatic rings. The van der Waals surface area contributed by atoms with Crippen molar-refractivity contribution in [1.82, 2.24) is 14.3 Å². The second-order valence-electron chi connectivity index (χ2n) is 6.95. The molecule has 1 aliphatic heterocycles. The number of morpholine rings is 1. The number of rotatable bonds is 6. The van der Waals surface area contributed by atoms with Gasteiger partial charge in [0.2, 0.25) is 15.9 Å². The van der Waals surface area contributed by atoms with E-state index >= 15 is 0 Å². The van der Waals surface area contributed by atoms with Gasteiger partial charge in [-0.15, -0.1) is 11.3 Å². The second kappa shape index (κ2) is 9.04. The molecule has 8 nitrogen and oxygen atoms in total. The maximum Gasteiger partial charge on any atom is 0.243 e. The molecule has 2 aromatic carbocycles. The molecule has 0 radical (unpaired) electrons. The number of nitrogens with one attached hydrogen (secondary N) is 1. The first-order valence-corrected chi connectivity index (χ1v) is 13.8. The number of amides is 1. The summed E-state index contributed by atoms with van der Waals surface area (Å²) in [6, 6.07) is 12.7. The van der Waals surface area contributed by atoms with Gasteiger partial charge in [0.25, 0.3) is 0 Å². The molecule has 0 atom stereocenters. The number of ether oxygens (including phenoxy) is 1. The highest BCUT2D eigenvalue weighted by Gasteiger charge is 2.26. The predicted octanol–water partition coefficient (Wildman–Crippen LogP) is 3.66. The van der Waals surface area contributed by atoms with Gasteiger partial charge in [0.15, 0.2) is 9.47 Å². The van der Waals surface area contributed by atoms with Crippen LogP contribution < -0.4 is 5.32 Å². The fourth-order valence-electron chi connectivity index (χ4n) is 3.25. The Morgan fingerprint density at radius 1 is 1.06 bits per heavy atom. The summed E-state index contributed by atoms with van der Waals surface area (Å²) in [5, 5.41) is 3.25. The lowest BCUT2D eigenvalue weighted by Crippen LogP contribution is -2.40. The molecule has 1 fully saturated rings. The first kappa shape index (κ1) is 21.7. The third-order valence-corrected chi connectivity index (χ3v) is 9.82. The molecule has 3 heterocycles. The van der Waals surface area contributed by atoms with E-state index in [1.165, 1.54) is 27.4 Å². The van der Waals surface area contributed by atoms with Crippen LogP contribution >= 0.6 is 34.4 Å². The summed E-state index contributed by atoms with van der Waals surface area (Å²) in [5.41, 5.74) is 1.57. The number of sulfonamides is 1. The van der Waals surface area contributed by atoms with E-state index in [0.717, 1.165) is 14.6 Å². The van der Waals surface area contributed by atoms with Crippen LogP contribution in [-0.2, 0) is 19.6 Å². The highest BCUT2D eigenvalue weighted by atomic mass is 32.2. The van der Waals surface area contributed by atoms with E-state index in [9.17, 15) is 13.2 Å². The molecule has 1 amide bonds. The summed E-state index contributed by atoms with van der Waals surface area (Å²) in [6.07, 6.45) is 0. The van der Waals surface area contributed by atoms with Crippen LogP contribution in [0.15, 0.2) is 51.7 Å². The van der Waals surface area contributed by atoms with Crippen molar-refractivity contribution in [3.63, 3.8) is 0 Å². The Labute approximate surface area is 196 Å². The molecule has 5 rings (SSSR count). The van der Waals surface area contributed by atoms with Crippen molar-refractivity contribution < 1.29 is 17.9 Å². The first-order chi connectivity index (χ1) is 15.5. The Morgan fingerprint density at radius 3 is 2.66 bits per heavy atom. The molecule has 1 aliphatic rings.